The third kappa shape index (κ3) is 3.77. The monoisotopic (exact) mass is 229 g/mol. The number of carbonyl (C=O) groups excluding carboxylic acids is 1. The molecule has 4 nitrogen and oxygen atoms in total. The van der Waals surface area contributed by atoms with Crippen molar-refractivity contribution in [1.29, 1.82) is 0 Å². The number of primary amides is 1. The predicted molar refractivity (Wildman–Crippen MR) is 57.2 cm³/mol. The first kappa shape index (κ1) is 11.8. The summed E-state index contributed by atoms with van der Waals surface area (Å²) in [7, 11) is 0. The highest BCUT2D eigenvalue weighted by Gasteiger charge is 2.04. The van der Waals surface area contributed by atoms with Gasteiger partial charge in [0.1, 0.15) is 18.5 Å². The summed E-state index contributed by atoms with van der Waals surface area (Å²) >= 11 is 5.39. The van der Waals surface area contributed by atoms with E-state index in [0.717, 1.165) is 0 Å². The average molecular weight is 230 g/mol. The van der Waals surface area contributed by atoms with Gasteiger partial charge in [0.25, 0.3) is 0 Å². The highest BCUT2D eigenvalue weighted by Crippen LogP contribution is 2.12. The summed E-state index contributed by atoms with van der Waals surface area (Å²) in [5.74, 6) is 0.200. The molecule has 0 aromatic heterocycles. The molecule has 0 fully saturated rings. The van der Waals surface area contributed by atoms with Gasteiger partial charge < -0.3 is 15.6 Å². The van der Waals surface area contributed by atoms with E-state index >= 15 is 0 Å². The second kappa shape index (κ2) is 5.58. The van der Waals surface area contributed by atoms with Crippen LogP contribution in [-0.4, -0.2) is 29.6 Å². The average Bonchev–Trinajstić information content (AvgIpc) is 2.26. The van der Waals surface area contributed by atoms with Gasteiger partial charge in [0.05, 0.1) is 5.88 Å². The van der Waals surface area contributed by atoms with Crippen LogP contribution in [0.3, 0.4) is 0 Å². The van der Waals surface area contributed by atoms with Crippen LogP contribution in [0, 0.1) is 0 Å². The molecule has 1 atom stereocenters. The maximum absolute atomic E-state index is 10.7. The molecule has 0 saturated heterocycles. The SMILES string of the molecule is NC(=O)c1ccc(OCC(O)CCl)cc1. The topological polar surface area (TPSA) is 72.6 Å². The highest BCUT2D eigenvalue weighted by atomic mass is 35.5. The molecule has 1 rings (SSSR count). The van der Waals surface area contributed by atoms with E-state index in [1.54, 1.807) is 24.3 Å². The number of alkyl halides is 1. The fourth-order valence-electron chi connectivity index (χ4n) is 0.952. The predicted octanol–water partition coefficient (Wildman–Crippen LogP) is 0.764. The number of hydrogen-bond acceptors (Lipinski definition) is 3. The molecule has 0 aliphatic carbocycles. The number of ether oxygens (including phenoxy) is 1. The molecule has 0 aliphatic rings. The molecule has 1 aromatic rings. The Bertz CT molecular complexity index is 326. The van der Waals surface area contributed by atoms with E-state index in [1.165, 1.54) is 0 Å². The van der Waals surface area contributed by atoms with Crippen molar-refractivity contribution in [3.63, 3.8) is 0 Å². The normalized spacial score (nSPS) is 12.1. The quantitative estimate of drug-likeness (QED) is 0.733. The van der Waals surface area contributed by atoms with Crippen molar-refractivity contribution in [2.75, 3.05) is 12.5 Å². The highest BCUT2D eigenvalue weighted by molar-refractivity contribution is 6.18. The minimum absolute atomic E-state index is 0.124. The molecule has 0 saturated carbocycles. The molecule has 0 bridgehead atoms. The zero-order valence-electron chi connectivity index (χ0n) is 8.02. The Labute approximate surface area is 92.6 Å². The lowest BCUT2D eigenvalue weighted by molar-refractivity contribution is 0.1000. The minimum atomic E-state index is -0.692. The largest absolute Gasteiger partial charge is 0.491 e. The van der Waals surface area contributed by atoms with Crippen molar-refractivity contribution in [3.05, 3.63) is 29.8 Å². The Morgan fingerprint density at radius 1 is 1.47 bits per heavy atom. The first-order chi connectivity index (χ1) is 7.13. The lowest BCUT2D eigenvalue weighted by Gasteiger charge is -2.09. The summed E-state index contributed by atoms with van der Waals surface area (Å²) in [6.07, 6.45) is -0.692. The van der Waals surface area contributed by atoms with Crippen molar-refractivity contribution in [3.8, 4) is 5.75 Å². The van der Waals surface area contributed by atoms with Gasteiger partial charge in [-0.2, -0.15) is 0 Å². The second-order valence-corrected chi connectivity index (χ2v) is 3.32. The summed E-state index contributed by atoms with van der Waals surface area (Å²) < 4.78 is 5.21. The fourth-order valence-corrected chi connectivity index (χ4v) is 1.04. The van der Waals surface area contributed by atoms with Gasteiger partial charge in [0, 0.05) is 5.56 Å². The molecular weight excluding hydrogens is 218 g/mol. The molecule has 1 amide bonds. The van der Waals surface area contributed by atoms with Gasteiger partial charge in [0.15, 0.2) is 0 Å². The standard InChI is InChI=1S/C10H12ClNO3/c11-5-8(13)6-15-9-3-1-7(2-4-9)10(12)14/h1-4,8,13H,5-6H2,(H2,12,14). The molecular formula is C10H12ClNO3. The van der Waals surface area contributed by atoms with Gasteiger partial charge in [0.2, 0.25) is 5.91 Å². The van der Waals surface area contributed by atoms with Gasteiger partial charge in [-0.15, -0.1) is 11.6 Å². The third-order valence-electron chi connectivity index (χ3n) is 1.76. The zero-order chi connectivity index (χ0) is 11.3. The van der Waals surface area contributed by atoms with Crippen LogP contribution in [0.25, 0.3) is 0 Å². The number of aliphatic hydroxyl groups excluding tert-OH is 1. The van der Waals surface area contributed by atoms with Crippen molar-refractivity contribution >= 4 is 17.5 Å². The molecule has 82 valence electrons. The minimum Gasteiger partial charge on any atom is -0.491 e. The number of halogens is 1. The van der Waals surface area contributed by atoms with Crippen LogP contribution in [-0.2, 0) is 0 Å². The Morgan fingerprint density at radius 2 is 2.07 bits per heavy atom. The zero-order valence-corrected chi connectivity index (χ0v) is 8.78. The van der Waals surface area contributed by atoms with Crippen molar-refractivity contribution < 1.29 is 14.6 Å². The number of benzene rings is 1. The first-order valence-corrected chi connectivity index (χ1v) is 4.93. The van der Waals surface area contributed by atoms with E-state index in [2.05, 4.69) is 0 Å². The Hall–Kier alpha value is -1.26. The smallest absolute Gasteiger partial charge is 0.248 e. The molecule has 15 heavy (non-hydrogen) atoms. The number of carbonyl (C=O) groups is 1. The summed E-state index contributed by atoms with van der Waals surface area (Å²) in [5.41, 5.74) is 5.49. The van der Waals surface area contributed by atoms with Crippen LogP contribution in [0.4, 0.5) is 0 Å². The van der Waals surface area contributed by atoms with Crippen LogP contribution in [0.2, 0.25) is 0 Å². The maximum Gasteiger partial charge on any atom is 0.248 e. The van der Waals surface area contributed by atoms with Crippen molar-refractivity contribution in [2.24, 2.45) is 5.73 Å². The van der Waals surface area contributed by atoms with Gasteiger partial charge in [-0.05, 0) is 24.3 Å². The summed E-state index contributed by atoms with van der Waals surface area (Å²) in [6, 6.07) is 6.34. The summed E-state index contributed by atoms with van der Waals surface area (Å²) in [6.45, 7) is 0.124. The molecule has 3 N–H and O–H groups in total. The van der Waals surface area contributed by atoms with Crippen LogP contribution < -0.4 is 10.5 Å². The number of nitrogens with two attached hydrogens (primary N) is 1. The Kier molecular flexibility index (Phi) is 4.39. The number of rotatable bonds is 5. The number of hydrogen-bond donors (Lipinski definition) is 2. The van der Waals surface area contributed by atoms with Gasteiger partial charge in [-0.1, -0.05) is 0 Å². The summed E-state index contributed by atoms with van der Waals surface area (Å²) in [4.78, 5) is 10.7. The molecule has 0 spiro atoms. The Balaban J connectivity index is 2.53. The summed E-state index contributed by atoms with van der Waals surface area (Å²) in [5, 5.41) is 9.13. The lowest BCUT2D eigenvalue weighted by atomic mass is 10.2. The number of amides is 1. The molecule has 1 unspecified atom stereocenters. The lowest BCUT2D eigenvalue weighted by Crippen LogP contribution is -2.18. The van der Waals surface area contributed by atoms with Gasteiger partial charge >= 0.3 is 0 Å². The maximum atomic E-state index is 10.7. The molecule has 0 radical (unpaired) electrons. The molecule has 1 aromatic carbocycles. The molecule has 5 heteroatoms. The van der Waals surface area contributed by atoms with Crippen molar-refractivity contribution in [2.45, 2.75) is 6.10 Å². The van der Waals surface area contributed by atoms with Gasteiger partial charge in [-0.25, -0.2) is 0 Å². The van der Waals surface area contributed by atoms with E-state index in [-0.39, 0.29) is 12.5 Å². The van der Waals surface area contributed by atoms with Crippen LogP contribution >= 0.6 is 11.6 Å². The van der Waals surface area contributed by atoms with Crippen LogP contribution in [0.1, 0.15) is 10.4 Å². The first-order valence-electron chi connectivity index (χ1n) is 4.40. The van der Waals surface area contributed by atoms with Crippen LogP contribution in [0.5, 0.6) is 5.75 Å². The number of aliphatic hydroxyl groups is 1. The van der Waals surface area contributed by atoms with E-state index in [1.807, 2.05) is 0 Å². The van der Waals surface area contributed by atoms with E-state index in [0.29, 0.717) is 11.3 Å². The van der Waals surface area contributed by atoms with Crippen molar-refractivity contribution in [1.82, 2.24) is 0 Å². The third-order valence-corrected chi connectivity index (χ3v) is 2.12. The van der Waals surface area contributed by atoms with E-state index < -0.39 is 12.0 Å². The Morgan fingerprint density at radius 3 is 2.53 bits per heavy atom. The molecule has 0 aliphatic heterocycles. The van der Waals surface area contributed by atoms with E-state index in [9.17, 15) is 4.79 Å². The molecule has 0 heterocycles. The fraction of sp³-hybridized carbons (Fsp3) is 0.300. The van der Waals surface area contributed by atoms with E-state index in [4.69, 9.17) is 27.2 Å². The van der Waals surface area contributed by atoms with Gasteiger partial charge in [-0.3, -0.25) is 4.79 Å². The van der Waals surface area contributed by atoms with Crippen LogP contribution in [0.15, 0.2) is 24.3 Å². The second-order valence-electron chi connectivity index (χ2n) is 3.01.